The van der Waals surface area contributed by atoms with E-state index in [0.29, 0.717) is 19.3 Å². The summed E-state index contributed by atoms with van der Waals surface area (Å²) in [5.74, 6) is -3.76. The van der Waals surface area contributed by atoms with Gasteiger partial charge in [0, 0.05) is 12.3 Å². The molecule has 1 aliphatic carbocycles. The molecule has 1 amide bonds. The normalized spacial score (nSPS) is 40.9. The Morgan fingerprint density at radius 3 is 2.38 bits per heavy atom. The number of nitrogens with zero attached hydrogens (tertiary/aromatic N) is 3. The standard InChI is InChI=1S/C14H16N4O3/c1-9-12(6-15,7-16)13(8-17,11(18)19)10-4-2-3-5-14(10,20)21-9/h9-10,20H,2-5H2,1H3,(H2,18,19)/t9-,10-,13-,14+/m0/s1. The number of primary amides is 1. The van der Waals surface area contributed by atoms with Crippen molar-refractivity contribution in [3.63, 3.8) is 0 Å². The Morgan fingerprint density at radius 1 is 1.29 bits per heavy atom. The molecule has 2 fully saturated rings. The maximum Gasteiger partial charge on any atom is 0.241 e. The first-order valence-electron chi connectivity index (χ1n) is 6.78. The van der Waals surface area contributed by atoms with E-state index in [0.717, 1.165) is 0 Å². The van der Waals surface area contributed by atoms with Gasteiger partial charge in [0.2, 0.25) is 5.91 Å². The largest absolute Gasteiger partial charge is 0.368 e. The first-order chi connectivity index (χ1) is 9.84. The van der Waals surface area contributed by atoms with Crippen LogP contribution in [-0.4, -0.2) is 22.9 Å². The van der Waals surface area contributed by atoms with Crippen LogP contribution in [0.15, 0.2) is 0 Å². The number of aliphatic hydroxyl groups is 1. The van der Waals surface area contributed by atoms with E-state index in [4.69, 9.17) is 10.5 Å². The lowest BCUT2D eigenvalue weighted by Crippen LogP contribution is -2.70. The molecular weight excluding hydrogens is 272 g/mol. The quantitative estimate of drug-likeness (QED) is 0.710. The first-order valence-corrected chi connectivity index (χ1v) is 6.78. The van der Waals surface area contributed by atoms with Crippen molar-refractivity contribution in [2.24, 2.45) is 22.5 Å². The smallest absolute Gasteiger partial charge is 0.241 e. The van der Waals surface area contributed by atoms with E-state index < -0.39 is 34.5 Å². The number of carbonyl (C=O) groups is 1. The molecule has 1 saturated heterocycles. The van der Waals surface area contributed by atoms with Crippen LogP contribution in [0.1, 0.15) is 32.6 Å². The van der Waals surface area contributed by atoms with Gasteiger partial charge in [-0.25, -0.2) is 0 Å². The Labute approximate surface area is 122 Å². The molecule has 7 nitrogen and oxygen atoms in total. The molecule has 0 aromatic carbocycles. The molecule has 110 valence electrons. The average Bonchev–Trinajstić information content (AvgIpc) is 2.45. The predicted octanol–water partition coefficient (Wildman–Crippen LogP) is 0.313. The Balaban J connectivity index is 2.77. The van der Waals surface area contributed by atoms with Crippen LogP contribution in [-0.2, 0) is 9.53 Å². The number of nitrogens with two attached hydrogens (primary N) is 1. The molecule has 4 atom stereocenters. The average molecular weight is 288 g/mol. The molecule has 7 heteroatoms. The first kappa shape index (κ1) is 15.3. The number of fused-ring (bicyclic) bond motifs is 1. The summed E-state index contributed by atoms with van der Waals surface area (Å²) in [5.41, 5.74) is 1.30. The van der Waals surface area contributed by atoms with Crippen molar-refractivity contribution in [2.45, 2.75) is 44.5 Å². The van der Waals surface area contributed by atoms with Crippen molar-refractivity contribution in [1.82, 2.24) is 0 Å². The van der Waals surface area contributed by atoms with Crippen molar-refractivity contribution in [1.29, 1.82) is 15.8 Å². The number of hydrogen-bond acceptors (Lipinski definition) is 6. The number of rotatable bonds is 1. The van der Waals surface area contributed by atoms with Crippen LogP contribution in [0.3, 0.4) is 0 Å². The van der Waals surface area contributed by atoms with Crippen LogP contribution in [0, 0.1) is 50.7 Å². The summed E-state index contributed by atoms with van der Waals surface area (Å²) >= 11 is 0. The highest BCUT2D eigenvalue weighted by Gasteiger charge is 2.73. The van der Waals surface area contributed by atoms with Crippen LogP contribution < -0.4 is 5.73 Å². The highest BCUT2D eigenvalue weighted by Crippen LogP contribution is 2.59. The highest BCUT2D eigenvalue weighted by molar-refractivity contribution is 5.87. The van der Waals surface area contributed by atoms with E-state index in [1.807, 2.05) is 0 Å². The SMILES string of the molecule is C[C@@H]1O[C@]2(O)CCCC[C@H]2[C@@](C#N)(C(N)=O)C1(C#N)C#N. The molecule has 0 aromatic rings. The lowest BCUT2D eigenvalue weighted by Gasteiger charge is -2.56. The Kier molecular flexibility index (Phi) is 3.41. The maximum absolute atomic E-state index is 12.1. The zero-order valence-electron chi connectivity index (χ0n) is 11.7. The molecule has 1 saturated carbocycles. The van der Waals surface area contributed by atoms with Gasteiger partial charge in [0.15, 0.2) is 16.6 Å². The fraction of sp³-hybridized carbons (Fsp3) is 0.714. The Bertz CT molecular complexity index is 585. The van der Waals surface area contributed by atoms with E-state index in [1.165, 1.54) is 6.92 Å². The molecule has 0 unspecified atom stereocenters. The molecule has 2 aliphatic rings. The summed E-state index contributed by atoms with van der Waals surface area (Å²) in [6.45, 7) is 1.41. The predicted molar refractivity (Wildman–Crippen MR) is 68.4 cm³/mol. The van der Waals surface area contributed by atoms with E-state index in [-0.39, 0.29) is 6.42 Å². The Hall–Kier alpha value is -2.14. The van der Waals surface area contributed by atoms with Gasteiger partial charge in [0.25, 0.3) is 0 Å². The number of amides is 1. The van der Waals surface area contributed by atoms with E-state index in [2.05, 4.69) is 0 Å². The van der Waals surface area contributed by atoms with Crippen LogP contribution in [0.5, 0.6) is 0 Å². The number of nitriles is 3. The lowest BCUT2D eigenvalue weighted by molar-refractivity contribution is -0.332. The third-order valence-corrected chi connectivity index (χ3v) is 4.88. The molecule has 0 aromatic heterocycles. The lowest BCUT2D eigenvalue weighted by atomic mass is 9.50. The molecular formula is C14H16N4O3. The minimum Gasteiger partial charge on any atom is -0.368 e. The van der Waals surface area contributed by atoms with Crippen molar-refractivity contribution < 1.29 is 14.6 Å². The van der Waals surface area contributed by atoms with Crippen molar-refractivity contribution in [3.05, 3.63) is 0 Å². The minimum atomic E-state index is -2.09. The van der Waals surface area contributed by atoms with Gasteiger partial charge in [-0.1, -0.05) is 6.42 Å². The van der Waals surface area contributed by atoms with Gasteiger partial charge in [-0.2, -0.15) is 15.8 Å². The molecule has 0 spiro atoms. The second-order valence-electron chi connectivity index (χ2n) is 5.72. The fourth-order valence-corrected chi connectivity index (χ4v) is 3.78. The second kappa shape index (κ2) is 4.70. The third-order valence-electron chi connectivity index (χ3n) is 4.88. The minimum absolute atomic E-state index is 0.242. The van der Waals surface area contributed by atoms with Crippen molar-refractivity contribution >= 4 is 5.91 Å². The van der Waals surface area contributed by atoms with Crippen LogP contribution in [0.4, 0.5) is 0 Å². The Morgan fingerprint density at radius 2 is 1.90 bits per heavy atom. The summed E-state index contributed by atoms with van der Waals surface area (Å²) in [4.78, 5) is 12.1. The van der Waals surface area contributed by atoms with E-state index >= 15 is 0 Å². The molecule has 21 heavy (non-hydrogen) atoms. The zero-order valence-corrected chi connectivity index (χ0v) is 11.7. The monoisotopic (exact) mass is 288 g/mol. The van der Waals surface area contributed by atoms with Gasteiger partial charge in [0.1, 0.15) is 0 Å². The molecule has 0 radical (unpaired) electrons. The van der Waals surface area contributed by atoms with Gasteiger partial charge in [-0.15, -0.1) is 0 Å². The van der Waals surface area contributed by atoms with Gasteiger partial charge in [0.05, 0.1) is 24.3 Å². The second-order valence-corrected chi connectivity index (χ2v) is 5.72. The maximum atomic E-state index is 12.1. The third kappa shape index (κ3) is 1.61. The molecule has 0 bridgehead atoms. The summed E-state index contributed by atoms with van der Waals surface area (Å²) in [7, 11) is 0. The number of ether oxygens (including phenoxy) is 1. The topological polar surface area (TPSA) is 144 Å². The summed E-state index contributed by atoms with van der Waals surface area (Å²) in [6.07, 6.45) is 0.760. The molecule has 3 N–H and O–H groups in total. The van der Waals surface area contributed by atoms with Crippen molar-refractivity contribution in [3.8, 4) is 18.2 Å². The van der Waals surface area contributed by atoms with Crippen LogP contribution in [0.2, 0.25) is 0 Å². The molecule has 1 aliphatic heterocycles. The number of hydrogen-bond donors (Lipinski definition) is 2. The van der Waals surface area contributed by atoms with Crippen molar-refractivity contribution in [2.75, 3.05) is 0 Å². The zero-order chi connectivity index (χ0) is 15.9. The summed E-state index contributed by atoms with van der Waals surface area (Å²) in [6, 6.07) is 5.34. The summed E-state index contributed by atoms with van der Waals surface area (Å²) < 4.78 is 5.53. The number of carbonyl (C=O) groups excluding carboxylic acids is 1. The van der Waals surface area contributed by atoms with Gasteiger partial charge >= 0.3 is 0 Å². The summed E-state index contributed by atoms with van der Waals surface area (Å²) in [5, 5.41) is 39.4. The van der Waals surface area contributed by atoms with Gasteiger partial charge in [-0.3, -0.25) is 4.79 Å². The van der Waals surface area contributed by atoms with Gasteiger partial charge < -0.3 is 15.6 Å². The highest BCUT2D eigenvalue weighted by atomic mass is 16.6. The molecule has 2 rings (SSSR count). The van der Waals surface area contributed by atoms with E-state index in [9.17, 15) is 25.7 Å². The van der Waals surface area contributed by atoms with E-state index in [1.54, 1.807) is 18.2 Å². The van der Waals surface area contributed by atoms with Crippen LogP contribution in [0.25, 0.3) is 0 Å². The van der Waals surface area contributed by atoms with Gasteiger partial charge in [-0.05, 0) is 19.8 Å². The van der Waals surface area contributed by atoms with Crippen LogP contribution >= 0.6 is 0 Å². The molecule has 1 heterocycles. The fourth-order valence-electron chi connectivity index (χ4n) is 3.78.